The molecule has 2 amide bonds. The molecule has 0 saturated heterocycles. The van der Waals surface area contributed by atoms with Gasteiger partial charge in [0.1, 0.15) is 0 Å². The minimum absolute atomic E-state index is 0.192. The van der Waals surface area contributed by atoms with E-state index in [0.29, 0.717) is 23.6 Å². The molecule has 5 aromatic carbocycles. The van der Waals surface area contributed by atoms with Gasteiger partial charge in [-0.25, -0.2) is 0 Å². The number of fused-ring (bicyclic) bond motifs is 2. The van der Waals surface area contributed by atoms with Gasteiger partial charge in [0.25, 0.3) is 11.8 Å². The first-order valence-corrected chi connectivity index (χ1v) is 14.8. The summed E-state index contributed by atoms with van der Waals surface area (Å²) in [5, 5.41) is 8.31. The number of hydrogen-bond donors (Lipinski definition) is 0. The van der Waals surface area contributed by atoms with Crippen LogP contribution >= 0.6 is 47.8 Å². The van der Waals surface area contributed by atoms with E-state index in [2.05, 4.69) is 92.0 Å². The zero-order valence-corrected chi connectivity index (χ0v) is 24.8. The smallest absolute Gasteiger partial charge is 0.261 e. The third-order valence-electron chi connectivity index (χ3n) is 7.77. The molecule has 0 saturated carbocycles. The third kappa shape index (κ3) is 3.40. The molecule has 0 aliphatic carbocycles. The van der Waals surface area contributed by atoms with Crippen LogP contribution in [0, 0.1) is 5.92 Å². The quantitative estimate of drug-likeness (QED) is 0.103. The van der Waals surface area contributed by atoms with Crippen LogP contribution in [-0.2, 0) is 0 Å². The first-order chi connectivity index (χ1) is 17.4. The van der Waals surface area contributed by atoms with Crippen molar-refractivity contribution >= 4 is 103 Å². The van der Waals surface area contributed by atoms with Gasteiger partial charge in [-0.2, -0.15) is 0 Å². The number of imide groups is 1. The van der Waals surface area contributed by atoms with Crippen LogP contribution in [0.2, 0.25) is 0 Å². The molecular weight excluding hydrogens is 646 g/mol. The van der Waals surface area contributed by atoms with Gasteiger partial charge in [0.05, 0.1) is 0 Å². The third-order valence-corrected chi connectivity index (χ3v) is 9.71. The first kappa shape index (κ1) is 24.3. The fourth-order valence-electron chi connectivity index (χ4n) is 5.95. The molecule has 6 rings (SSSR count). The summed E-state index contributed by atoms with van der Waals surface area (Å²) >= 11 is 11.4. The van der Waals surface area contributed by atoms with Crippen molar-refractivity contribution in [1.82, 2.24) is 4.90 Å². The van der Waals surface area contributed by atoms with Gasteiger partial charge >= 0.3 is 0 Å². The molecule has 0 aromatic heterocycles. The minimum Gasteiger partial charge on any atom is -0.274 e. The molecule has 6 heteroatoms. The van der Waals surface area contributed by atoms with Gasteiger partial charge in [0.2, 0.25) is 0 Å². The van der Waals surface area contributed by atoms with E-state index < -0.39 is 0 Å². The highest BCUT2D eigenvalue weighted by Crippen LogP contribution is 2.49. The van der Waals surface area contributed by atoms with E-state index in [1.807, 2.05) is 12.1 Å². The Bertz CT molecular complexity index is 1650. The Hall–Kier alpha value is -2.02. The Morgan fingerprint density at radius 2 is 1.33 bits per heavy atom. The number of rotatable bonds is 6. The topological polar surface area (TPSA) is 37.4 Å². The molecule has 0 bridgehead atoms. The number of carbonyl (C=O) groups excluding carboxylic acids is 2. The van der Waals surface area contributed by atoms with Crippen LogP contribution in [0.4, 0.5) is 0 Å². The summed E-state index contributed by atoms with van der Waals surface area (Å²) in [6.45, 7) is 4.78. The van der Waals surface area contributed by atoms with Crippen LogP contribution in [0.15, 0.2) is 55.9 Å². The zero-order valence-electron chi connectivity index (χ0n) is 20.1. The molecule has 182 valence electrons. The van der Waals surface area contributed by atoms with Gasteiger partial charge in [0.15, 0.2) is 0 Å². The van der Waals surface area contributed by atoms with E-state index in [0.717, 1.165) is 76.8 Å². The van der Waals surface area contributed by atoms with Gasteiger partial charge < -0.3 is 0 Å². The van der Waals surface area contributed by atoms with Crippen molar-refractivity contribution in [2.45, 2.75) is 39.5 Å². The second-order valence-corrected chi connectivity index (χ2v) is 12.3. The highest BCUT2D eigenvalue weighted by molar-refractivity contribution is 9.11. The molecule has 5 aromatic rings. The van der Waals surface area contributed by atoms with Crippen molar-refractivity contribution in [1.29, 1.82) is 0 Å². The van der Waals surface area contributed by atoms with Crippen molar-refractivity contribution in [3.63, 3.8) is 0 Å². The summed E-state index contributed by atoms with van der Waals surface area (Å²) < 4.78 is 2.78. The van der Waals surface area contributed by atoms with Gasteiger partial charge in [-0.3, -0.25) is 14.5 Å². The maximum atomic E-state index is 13.9. The lowest BCUT2D eigenvalue weighted by atomic mass is 9.84. The molecule has 3 nitrogen and oxygen atoms in total. The highest BCUT2D eigenvalue weighted by Gasteiger charge is 2.36. The molecule has 0 spiro atoms. The number of unbranched alkanes of at least 4 members (excludes halogenated alkanes) is 1. The fourth-order valence-corrected chi connectivity index (χ4v) is 7.69. The van der Waals surface area contributed by atoms with E-state index >= 15 is 0 Å². The highest BCUT2D eigenvalue weighted by atomic mass is 79.9. The summed E-state index contributed by atoms with van der Waals surface area (Å²) in [5.74, 6) is -0.0762. The maximum Gasteiger partial charge on any atom is 0.261 e. The van der Waals surface area contributed by atoms with E-state index in [1.54, 1.807) is 0 Å². The molecule has 36 heavy (non-hydrogen) atoms. The van der Waals surface area contributed by atoms with Gasteiger partial charge in [-0.1, -0.05) is 105 Å². The van der Waals surface area contributed by atoms with E-state index in [-0.39, 0.29) is 11.8 Å². The number of hydrogen-bond acceptors (Lipinski definition) is 2. The lowest BCUT2D eigenvalue weighted by Crippen LogP contribution is -2.43. The van der Waals surface area contributed by atoms with E-state index in [4.69, 9.17) is 0 Å². The van der Waals surface area contributed by atoms with Crippen molar-refractivity contribution in [3.8, 4) is 0 Å². The van der Waals surface area contributed by atoms with Gasteiger partial charge in [-0.15, -0.1) is 0 Å². The minimum atomic E-state index is -0.192. The van der Waals surface area contributed by atoms with E-state index in [1.165, 1.54) is 10.3 Å². The fraction of sp³-hybridized carbons (Fsp3) is 0.267. The van der Waals surface area contributed by atoms with Gasteiger partial charge in [0, 0.05) is 52.6 Å². The molecule has 1 aliphatic heterocycles. The SMILES string of the molecule is CCCCC(CC)CN1C(=O)c2cc(Br)c3c4cccc5c(Br)ccc(c6c(Br)cc(c2c36)C1=O)c54. The average molecular weight is 670 g/mol. The number of nitrogens with zero attached hydrogens (tertiary/aromatic N) is 1. The first-order valence-electron chi connectivity index (χ1n) is 12.4. The van der Waals surface area contributed by atoms with Crippen LogP contribution in [0.3, 0.4) is 0 Å². The lowest BCUT2D eigenvalue weighted by Gasteiger charge is -2.31. The summed E-state index contributed by atoms with van der Waals surface area (Å²) in [5.41, 5.74) is 1.20. The Kier molecular flexibility index (Phi) is 6.13. The lowest BCUT2D eigenvalue weighted by molar-refractivity contribution is 0.0580. The normalized spacial score (nSPS) is 14.8. The largest absolute Gasteiger partial charge is 0.274 e. The van der Waals surface area contributed by atoms with Crippen LogP contribution in [0.1, 0.15) is 60.2 Å². The van der Waals surface area contributed by atoms with Crippen molar-refractivity contribution in [2.75, 3.05) is 6.54 Å². The number of carbonyl (C=O) groups is 2. The number of amides is 2. The molecular formula is C30H24Br3NO2. The van der Waals surface area contributed by atoms with Gasteiger partial charge in [-0.05, 0) is 52.1 Å². The van der Waals surface area contributed by atoms with Crippen LogP contribution in [0.5, 0.6) is 0 Å². The summed E-state index contributed by atoms with van der Waals surface area (Å²) in [6.07, 6.45) is 4.18. The number of benzene rings is 5. The summed E-state index contributed by atoms with van der Waals surface area (Å²) in [7, 11) is 0. The predicted octanol–water partition coefficient (Wildman–Crippen LogP) is 9.84. The molecule has 0 N–H and O–H groups in total. The van der Waals surface area contributed by atoms with Crippen molar-refractivity contribution < 1.29 is 9.59 Å². The Morgan fingerprint density at radius 3 is 1.94 bits per heavy atom. The van der Waals surface area contributed by atoms with Crippen molar-refractivity contribution in [2.24, 2.45) is 5.92 Å². The van der Waals surface area contributed by atoms with Crippen LogP contribution < -0.4 is 0 Å². The Labute approximate surface area is 234 Å². The van der Waals surface area contributed by atoms with E-state index in [9.17, 15) is 9.59 Å². The average Bonchev–Trinajstić information content (AvgIpc) is 2.87. The Morgan fingerprint density at radius 1 is 0.722 bits per heavy atom. The second-order valence-electron chi connectivity index (χ2n) is 9.77. The standard InChI is InChI=1S/C30H24Br3NO2/c1-3-5-7-15(4-2)14-34-29(35)19-12-22(32)26-17-9-6-8-16-21(31)11-10-18(24(16)17)27-23(33)13-20(30(34)36)25(19)28(26)27/h6,8-13,15H,3-5,7,14H2,1-2H3. The molecule has 1 aliphatic rings. The monoisotopic (exact) mass is 667 g/mol. The maximum absolute atomic E-state index is 13.9. The molecule has 1 unspecified atom stereocenters. The molecule has 0 radical (unpaired) electrons. The molecule has 1 atom stereocenters. The van der Waals surface area contributed by atoms with Crippen LogP contribution in [0.25, 0.3) is 43.1 Å². The summed E-state index contributed by atoms with van der Waals surface area (Å²) in [4.78, 5) is 29.2. The summed E-state index contributed by atoms with van der Waals surface area (Å²) in [6, 6.07) is 14.4. The van der Waals surface area contributed by atoms with Crippen molar-refractivity contribution in [3.05, 3.63) is 67.0 Å². The molecule has 1 heterocycles. The zero-order chi connectivity index (χ0) is 25.3. The molecule has 0 fully saturated rings. The van der Waals surface area contributed by atoms with Crippen LogP contribution in [-0.4, -0.2) is 23.3 Å². The second kappa shape index (κ2) is 9.07. The predicted molar refractivity (Wildman–Crippen MR) is 159 cm³/mol. The number of halogens is 3. The Balaban J connectivity index is 1.69.